The number of carbonyl (C=O) groups is 2. The number of carbonyl (C=O) groups excluding carboxylic acids is 2. The van der Waals surface area contributed by atoms with Crippen LogP contribution in [-0.2, 0) is 9.59 Å². The van der Waals surface area contributed by atoms with Crippen molar-refractivity contribution in [2.24, 2.45) is 11.3 Å². The molecule has 0 bridgehead atoms. The molecule has 1 aromatic carbocycles. The van der Waals surface area contributed by atoms with E-state index in [2.05, 4.69) is 31.4 Å². The van der Waals surface area contributed by atoms with E-state index in [0.29, 0.717) is 17.0 Å². The normalized spacial score (nSPS) is 20.8. The number of aryl methyl sites for hydroxylation is 2. The van der Waals surface area contributed by atoms with Gasteiger partial charge < -0.3 is 10.6 Å². The van der Waals surface area contributed by atoms with Crippen molar-refractivity contribution >= 4 is 17.5 Å². The minimum Gasteiger partial charge on any atom is -0.345 e. The summed E-state index contributed by atoms with van der Waals surface area (Å²) in [5.41, 5.74) is 3.14. The van der Waals surface area contributed by atoms with Crippen molar-refractivity contribution in [3.05, 3.63) is 29.3 Å². The zero-order chi connectivity index (χ0) is 18.6. The second-order valence-electron chi connectivity index (χ2n) is 8.14. The summed E-state index contributed by atoms with van der Waals surface area (Å²) in [5.74, 6) is -0.407. The molecule has 0 heterocycles. The van der Waals surface area contributed by atoms with Crippen LogP contribution in [0.3, 0.4) is 0 Å². The van der Waals surface area contributed by atoms with Gasteiger partial charge in [-0.25, -0.2) is 0 Å². The molecule has 138 valence electrons. The number of nitrogens with one attached hydrogen (secondary N) is 2. The Kier molecular flexibility index (Phi) is 6.26. The largest absolute Gasteiger partial charge is 0.345 e. The Morgan fingerprint density at radius 1 is 1.08 bits per heavy atom. The Morgan fingerprint density at radius 3 is 2.28 bits per heavy atom. The number of hydrogen-bond donors (Lipinski definition) is 2. The third-order valence-corrected chi connectivity index (χ3v) is 5.92. The van der Waals surface area contributed by atoms with Crippen LogP contribution in [0.15, 0.2) is 18.2 Å². The molecule has 2 rings (SSSR count). The Labute approximate surface area is 151 Å². The molecule has 1 aliphatic carbocycles. The maximum Gasteiger partial charge on any atom is 0.313 e. The summed E-state index contributed by atoms with van der Waals surface area (Å²) >= 11 is 0. The Bertz CT molecular complexity index is 629. The second-order valence-corrected chi connectivity index (χ2v) is 8.14. The zero-order valence-corrected chi connectivity index (χ0v) is 16.2. The van der Waals surface area contributed by atoms with Crippen LogP contribution in [0.1, 0.15) is 64.0 Å². The molecular formula is C21H32N2O2. The van der Waals surface area contributed by atoms with E-state index in [9.17, 15) is 9.59 Å². The molecule has 0 atom stereocenters. The average Bonchev–Trinajstić information content (AvgIpc) is 2.57. The molecule has 2 amide bonds. The molecular weight excluding hydrogens is 312 g/mol. The smallest absolute Gasteiger partial charge is 0.313 e. The van der Waals surface area contributed by atoms with Gasteiger partial charge in [0, 0.05) is 11.7 Å². The Morgan fingerprint density at radius 2 is 1.72 bits per heavy atom. The molecule has 2 N–H and O–H groups in total. The lowest BCUT2D eigenvalue weighted by molar-refractivity contribution is -0.136. The van der Waals surface area contributed by atoms with Gasteiger partial charge in [0.1, 0.15) is 0 Å². The number of amides is 2. The van der Waals surface area contributed by atoms with E-state index in [1.807, 2.05) is 32.0 Å². The first-order chi connectivity index (χ1) is 11.7. The first-order valence-corrected chi connectivity index (χ1v) is 9.42. The van der Waals surface area contributed by atoms with Crippen molar-refractivity contribution in [1.29, 1.82) is 0 Å². The molecule has 4 nitrogen and oxygen atoms in total. The third-order valence-electron chi connectivity index (χ3n) is 5.92. The van der Waals surface area contributed by atoms with Crippen LogP contribution in [0.25, 0.3) is 0 Å². The van der Waals surface area contributed by atoms with E-state index in [1.165, 1.54) is 6.42 Å². The van der Waals surface area contributed by atoms with Gasteiger partial charge in [-0.1, -0.05) is 44.9 Å². The summed E-state index contributed by atoms with van der Waals surface area (Å²) < 4.78 is 0. The maximum absolute atomic E-state index is 12.2. The van der Waals surface area contributed by atoms with Crippen LogP contribution in [0.2, 0.25) is 0 Å². The van der Waals surface area contributed by atoms with E-state index >= 15 is 0 Å². The lowest BCUT2D eigenvalue weighted by atomic mass is 9.69. The monoisotopic (exact) mass is 344 g/mol. The molecule has 0 spiro atoms. The molecule has 1 saturated carbocycles. The lowest BCUT2D eigenvalue weighted by Gasteiger charge is -2.39. The van der Waals surface area contributed by atoms with Gasteiger partial charge in [0.15, 0.2) is 0 Å². The average molecular weight is 344 g/mol. The predicted octanol–water partition coefficient (Wildman–Crippen LogP) is 4.35. The molecule has 0 saturated heterocycles. The van der Waals surface area contributed by atoms with Crippen LogP contribution < -0.4 is 10.6 Å². The van der Waals surface area contributed by atoms with Gasteiger partial charge >= 0.3 is 11.8 Å². The predicted molar refractivity (Wildman–Crippen MR) is 103 cm³/mol. The SMILES string of the molecule is CCC(C)(C)C1CCC(NC(=O)C(=O)Nc2ccc(C)cc2C)CC1. The van der Waals surface area contributed by atoms with E-state index in [1.54, 1.807) is 0 Å². The van der Waals surface area contributed by atoms with Gasteiger partial charge in [-0.05, 0) is 62.5 Å². The van der Waals surface area contributed by atoms with Gasteiger partial charge in [0.25, 0.3) is 0 Å². The Hall–Kier alpha value is -1.84. The fourth-order valence-electron chi connectivity index (χ4n) is 3.69. The van der Waals surface area contributed by atoms with Crippen molar-refractivity contribution in [2.45, 2.75) is 72.8 Å². The van der Waals surface area contributed by atoms with E-state index in [-0.39, 0.29) is 6.04 Å². The van der Waals surface area contributed by atoms with Crippen LogP contribution in [-0.4, -0.2) is 17.9 Å². The molecule has 0 aromatic heterocycles. The van der Waals surface area contributed by atoms with E-state index in [4.69, 9.17) is 0 Å². The number of hydrogen-bond acceptors (Lipinski definition) is 2. The fourth-order valence-corrected chi connectivity index (χ4v) is 3.69. The third kappa shape index (κ3) is 5.07. The molecule has 0 aliphatic heterocycles. The van der Waals surface area contributed by atoms with Crippen molar-refractivity contribution in [3.63, 3.8) is 0 Å². The summed E-state index contributed by atoms with van der Waals surface area (Å²) in [6, 6.07) is 5.87. The van der Waals surface area contributed by atoms with Crippen LogP contribution in [0, 0.1) is 25.2 Å². The minimum atomic E-state index is -0.581. The topological polar surface area (TPSA) is 58.2 Å². The summed E-state index contributed by atoms with van der Waals surface area (Å²) in [4.78, 5) is 24.4. The minimum absolute atomic E-state index is 0.112. The molecule has 0 unspecified atom stereocenters. The van der Waals surface area contributed by atoms with Crippen LogP contribution in [0.5, 0.6) is 0 Å². The molecule has 1 aliphatic rings. The summed E-state index contributed by atoms with van der Waals surface area (Å²) in [6.45, 7) is 10.8. The highest BCUT2D eigenvalue weighted by Gasteiger charge is 2.32. The first-order valence-electron chi connectivity index (χ1n) is 9.42. The molecule has 0 radical (unpaired) electrons. The van der Waals surface area contributed by atoms with E-state index in [0.717, 1.165) is 36.8 Å². The molecule has 1 fully saturated rings. The van der Waals surface area contributed by atoms with Gasteiger partial charge in [-0.2, -0.15) is 0 Å². The highest BCUT2D eigenvalue weighted by atomic mass is 16.2. The quantitative estimate of drug-likeness (QED) is 0.798. The summed E-state index contributed by atoms with van der Waals surface area (Å²) in [6.07, 6.45) is 5.31. The van der Waals surface area contributed by atoms with Crippen molar-refractivity contribution in [3.8, 4) is 0 Å². The van der Waals surface area contributed by atoms with Gasteiger partial charge in [-0.3, -0.25) is 9.59 Å². The fraction of sp³-hybridized carbons (Fsp3) is 0.619. The molecule has 1 aromatic rings. The highest BCUT2D eigenvalue weighted by molar-refractivity contribution is 6.39. The second kappa shape index (κ2) is 8.03. The zero-order valence-electron chi connectivity index (χ0n) is 16.2. The van der Waals surface area contributed by atoms with Crippen molar-refractivity contribution in [1.82, 2.24) is 5.32 Å². The highest BCUT2D eigenvalue weighted by Crippen LogP contribution is 2.40. The van der Waals surface area contributed by atoms with Crippen molar-refractivity contribution in [2.75, 3.05) is 5.32 Å². The van der Waals surface area contributed by atoms with Crippen molar-refractivity contribution < 1.29 is 9.59 Å². The standard InChI is InChI=1S/C21H32N2O2/c1-6-21(4,5)16-8-10-17(11-9-16)22-19(24)20(25)23-18-12-7-14(2)13-15(18)3/h7,12-13,16-17H,6,8-11H2,1-5H3,(H,22,24)(H,23,25). The first kappa shape index (κ1) is 19.5. The Balaban J connectivity index is 1.85. The van der Waals surface area contributed by atoms with Crippen LogP contribution >= 0.6 is 0 Å². The summed E-state index contributed by atoms with van der Waals surface area (Å²) in [7, 11) is 0. The number of benzene rings is 1. The van der Waals surface area contributed by atoms with Gasteiger partial charge in [0.05, 0.1) is 0 Å². The van der Waals surface area contributed by atoms with Gasteiger partial charge in [0.2, 0.25) is 0 Å². The van der Waals surface area contributed by atoms with Gasteiger partial charge in [-0.15, -0.1) is 0 Å². The number of anilines is 1. The van der Waals surface area contributed by atoms with Crippen LogP contribution in [0.4, 0.5) is 5.69 Å². The van der Waals surface area contributed by atoms with E-state index < -0.39 is 11.8 Å². The molecule has 25 heavy (non-hydrogen) atoms. The lowest BCUT2D eigenvalue weighted by Crippen LogP contribution is -2.44. The number of rotatable bonds is 4. The maximum atomic E-state index is 12.2. The molecule has 4 heteroatoms. The summed E-state index contributed by atoms with van der Waals surface area (Å²) in [5, 5.41) is 5.63.